The van der Waals surface area contributed by atoms with Gasteiger partial charge in [-0.15, -0.1) is 0 Å². The topological polar surface area (TPSA) is 102 Å². The summed E-state index contributed by atoms with van der Waals surface area (Å²) in [5.41, 5.74) is -0.986. The van der Waals surface area contributed by atoms with E-state index in [9.17, 15) is 19.5 Å². The quantitative estimate of drug-likeness (QED) is 0.0389. The molecule has 1 aromatic carbocycles. The van der Waals surface area contributed by atoms with Crippen LogP contribution in [0.25, 0.3) is 0 Å². The smallest absolute Gasteiger partial charge is 0.305 e. The molecule has 1 amide bonds. The molecule has 0 fully saturated rings. The van der Waals surface area contributed by atoms with Gasteiger partial charge in [-0.3, -0.25) is 14.4 Å². The number of benzene rings is 1. The summed E-state index contributed by atoms with van der Waals surface area (Å²) in [6.45, 7) is 10.7. The third kappa shape index (κ3) is 29.5. The molecule has 0 aromatic heterocycles. The third-order valence-electron chi connectivity index (χ3n) is 11.6. The van der Waals surface area contributed by atoms with Crippen LogP contribution in [0.3, 0.4) is 0 Å². The molecule has 7 heteroatoms. The minimum absolute atomic E-state index is 0.171. The number of esters is 1. The number of rotatable bonds is 40. The van der Waals surface area contributed by atoms with Crippen molar-refractivity contribution in [3.8, 4) is 5.75 Å². The average molecular weight is 800 g/mol. The first-order valence-corrected chi connectivity index (χ1v) is 24.0. The molecule has 2 N–H and O–H groups in total. The lowest BCUT2D eigenvalue weighted by molar-refractivity contribution is -0.144. The molecule has 0 saturated heterocycles. The van der Waals surface area contributed by atoms with Gasteiger partial charge in [0.2, 0.25) is 5.91 Å². The highest BCUT2D eigenvalue weighted by atomic mass is 16.6. The number of carbonyl (C=O) groups excluding carboxylic acids is 3. The van der Waals surface area contributed by atoms with E-state index >= 15 is 0 Å². The zero-order valence-electron chi connectivity index (χ0n) is 37.8. The molecule has 0 aliphatic heterocycles. The number of ketones is 1. The molecule has 330 valence electrons. The van der Waals surface area contributed by atoms with E-state index in [1.54, 1.807) is 24.3 Å². The molecule has 2 atom stereocenters. The molecule has 1 aromatic rings. The van der Waals surface area contributed by atoms with Gasteiger partial charge in [0, 0.05) is 24.9 Å². The maximum absolute atomic E-state index is 12.3. The van der Waals surface area contributed by atoms with Crippen molar-refractivity contribution in [1.82, 2.24) is 5.32 Å². The number of unbranched alkanes of at least 4 members (excludes halogenated alkanes) is 20. The van der Waals surface area contributed by atoms with Crippen molar-refractivity contribution in [3.63, 3.8) is 0 Å². The second-order valence-corrected chi connectivity index (χ2v) is 17.4. The van der Waals surface area contributed by atoms with Crippen molar-refractivity contribution < 1.29 is 29.0 Å². The maximum Gasteiger partial charge on any atom is 0.305 e. The molecular weight excluding hydrogens is 711 g/mol. The fraction of sp³-hybridized carbons (Fsp3) is 0.820. The Kier molecular flexibility index (Phi) is 32.8. The Morgan fingerprint density at radius 1 is 0.561 bits per heavy atom. The van der Waals surface area contributed by atoms with E-state index in [0.717, 1.165) is 37.6 Å². The Hall–Kier alpha value is -2.41. The number of nitrogens with one attached hydrogen (secondary N) is 1. The molecule has 0 radical (unpaired) electrons. The summed E-state index contributed by atoms with van der Waals surface area (Å²) in [4.78, 5) is 36.2. The van der Waals surface area contributed by atoms with Gasteiger partial charge < -0.3 is 19.9 Å². The van der Waals surface area contributed by atoms with Gasteiger partial charge in [0.15, 0.2) is 5.78 Å². The molecule has 2 unspecified atom stereocenters. The number of hydrogen-bond donors (Lipinski definition) is 2. The van der Waals surface area contributed by atoms with Crippen molar-refractivity contribution in [2.24, 2.45) is 11.8 Å². The standard InChI is InChI=1S/C50H89NO6/c1-6-9-11-13-19-25-31-43(33-27-21-15-17-23-29-35-47(52)51-8-3)44(32-26-20-14-12-10-7-2)34-28-22-16-18-24-30-36-48(53)57-42-41-56-46-39-37-45(38-40-46)49(54)50(4,5)55/h37-40,43-44,55H,6-36,41-42H2,1-5H3,(H,51,52). The normalized spacial score (nSPS) is 12.7. The van der Waals surface area contributed by atoms with Crippen LogP contribution in [0, 0.1) is 11.8 Å². The summed E-state index contributed by atoms with van der Waals surface area (Å²) in [6, 6.07) is 6.65. The number of aliphatic hydroxyl groups is 1. The van der Waals surface area contributed by atoms with Crippen molar-refractivity contribution in [2.75, 3.05) is 19.8 Å². The summed E-state index contributed by atoms with van der Waals surface area (Å²) in [5.74, 6) is 2.02. The summed E-state index contributed by atoms with van der Waals surface area (Å²) >= 11 is 0. The molecule has 0 aliphatic carbocycles. The Labute approximate surface area is 351 Å². The number of amides is 1. The highest BCUT2D eigenvalue weighted by Gasteiger charge is 2.25. The van der Waals surface area contributed by atoms with E-state index in [1.165, 1.54) is 174 Å². The lowest BCUT2D eigenvalue weighted by atomic mass is 9.78. The van der Waals surface area contributed by atoms with Crippen LogP contribution in [0.2, 0.25) is 0 Å². The van der Waals surface area contributed by atoms with E-state index in [1.807, 2.05) is 6.92 Å². The van der Waals surface area contributed by atoms with Gasteiger partial charge in [0.25, 0.3) is 0 Å². The first-order chi connectivity index (χ1) is 27.6. The lowest BCUT2D eigenvalue weighted by Crippen LogP contribution is -2.30. The zero-order chi connectivity index (χ0) is 41.8. The van der Waals surface area contributed by atoms with Crippen molar-refractivity contribution in [3.05, 3.63) is 29.8 Å². The molecule has 0 aliphatic rings. The summed E-state index contributed by atoms with van der Waals surface area (Å²) in [5, 5.41) is 12.8. The van der Waals surface area contributed by atoms with E-state index < -0.39 is 5.60 Å². The number of carbonyl (C=O) groups is 3. The van der Waals surface area contributed by atoms with Crippen molar-refractivity contribution in [2.45, 2.75) is 233 Å². The number of ether oxygens (including phenoxy) is 2. The molecule has 0 spiro atoms. The van der Waals surface area contributed by atoms with Gasteiger partial charge in [-0.1, -0.05) is 181 Å². The molecule has 0 heterocycles. The van der Waals surface area contributed by atoms with Crippen LogP contribution < -0.4 is 10.1 Å². The van der Waals surface area contributed by atoms with E-state index in [2.05, 4.69) is 19.2 Å². The van der Waals surface area contributed by atoms with Gasteiger partial charge >= 0.3 is 5.97 Å². The van der Waals surface area contributed by atoms with Crippen LogP contribution in [-0.2, 0) is 14.3 Å². The lowest BCUT2D eigenvalue weighted by Gasteiger charge is -2.28. The Bertz CT molecular complexity index is 1110. The Morgan fingerprint density at radius 2 is 0.965 bits per heavy atom. The van der Waals surface area contributed by atoms with Gasteiger partial charge in [-0.2, -0.15) is 0 Å². The second kappa shape index (κ2) is 35.5. The largest absolute Gasteiger partial charge is 0.490 e. The average Bonchev–Trinajstić information content (AvgIpc) is 3.19. The summed E-state index contributed by atoms with van der Waals surface area (Å²) in [7, 11) is 0. The van der Waals surface area contributed by atoms with E-state index in [0.29, 0.717) is 24.2 Å². The fourth-order valence-electron chi connectivity index (χ4n) is 8.12. The van der Waals surface area contributed by atoms with E-state index in [-0.39, 0.29) is 30.9 Å². The minimum atomic E-state index is -1.41. The van der Waals surface area contributed by atoms with Gasteiger partial charge in [-0.05, 0) is 69.7 Å². The molecule has 7 nitrogen and oxygen atoms in total. The van der Waals surface area contributed by atoms with Gasteiger partial charge in [0.05, 0.1) is 0 Å². The van der Waals surface area contributed by atoms with Crippen LogP contribution in [0.5, 0.6) is 5.75 Å². The van der Waals surface area contributed by atoms with Crippen molar-refractivity contribution in [1.29, 1.82) is 0 Å². The first-order valence-electron chi connectivity index (χ1n) is 24.0. The predicted molar refractivity (Wildman–Crippen MR) is 239 cm³/mol. The molecule has 1 rings (SSSR count). The Balaban J connectivity index is 2.44. The predicted octanol–water partition coefficient (Wildman–Crippen LogP) is 13.7. The zero-order valence-corrected chi connectivity index (χ0v) is 37.8. The second-order valence-electron chi connectivity index (χ2n) is 17.4. The molecule has 0 bridgehead atoms. The minimum Gasteiger partial charge on any atom is -0.490 e. The SMILES string of the molecule is CCCCCCCCC(CCCCCCCCC(=O)NCC)C(CCCCCCCC)CCCCCCCCC(=O)OCCOc1ccc(C(=O)C(C)(C)O)cc1. The van der Waals surface area contributed by atoms with Gasteiger partial charge in [-0.25, -0.2) is 0 Å². The van der Waals surface area contributed by atoms with Crippen LogP contribution in [0.15, 0.2) is 24.3 Å². The third-order valence-corrected chi connectivity index (χ3v) is 11.6. The van der Waals surface area contributed by atoms with Crippen LogP contribution >= 0.6 is 0 Å². The number of hydrogen-bond acceptors (Lipinski definition) is 6. The summed E-state index contributed by atoms with van der Waals surface area (Å²) in [6.07, 6.45) is 37.7. The van der Waals surface area contributed by atoms with Crippen LogP contribution in [0.4, 0.5) is 0 Å². The monoisotopic (exact) mass is 800 g/mol. The van der Waals surface area contributed by atoms with Crippen molar-refractivity contribution >= 4 is 17.7 Å². The first kappa shape index (κ1) is 52.6. The highest BCUT2D eigenvalue weighted by molar-refractivity contribution is 6.01. The summed E-state index contributed by atoms with van der Waals surface area (Å²) < 4.78 is 11.0. The molecular formula is C50H89NO6. The highest BCUT2D eigenvalue weighted by Crippen LogP contribution is 2.34. The Morgan fingerprint density at radius 3 is 1.39 bits per heavy atom. The van der Waals surface area contributed by atoms with E-state index in [4.69, 9.17) is 9.47 Å². The van der Waals surface area contributed by atoms with Gasteiger partial charge in [0.1, 0.15) is 24.6 Å². The fourth-order valence-corrected chi connectivity index (χ4v) is 8.12. The molecule has 57 heavy (non-hydrogen) atoms. The number of Topliss-reactive ketones (excluding diaryl/α,β-unsaturated/α-hetero) is 1. The van der Waals surface area contributed by atoms with Crippen LogP contribution in [-0.4, -0.2) is 48.1 Å². The van der Waals surface area contributed by atoms with Crippen LogP contribution in [0.1, 0.15) is 238 Å². The molecule has 0 saturated carbocycles. The maximum atomic E-state index is 12.3.